The third-order valence-corrected chi connectivity index (χ3v) is 2.86. The largest absolute Gasteiger partial charge is 0.391 e. The lowest BCUT2D eigenvalue weighted by molar-refractivity contribution is 0.132. The van der Waals surface area contributed by atoms with Crippen molar-refractivity contribution in [2.75, 3.05) is 0 Å². The number of oxime groups is 1. The number of benzene rings is 2. The highest BCUT2D eigenvalue weighted by Gasteiger charge is 2.04. The first-order valence-corrected chi connectivity index (χ1v) is 6.31. The van der Waals surface area contributed by atoms with Gasteiger partial charge in [0.05, 0.1) is 6.21 Å². The van der Waals surface area contributed by atoms with Crippen molar-refractivity contribution in [1.82, 2.24) is 0 Å². The summed E-state index contributed by atoms with van der Waals surface area (Å²) in [6.07, 6.45) is -0.979. The molecule has 0 atom stereocenters. The second-order valence-corrected chi connectivity index (χ2v) is 4.54. The SMILES string of the molecule is FC(F)c1ccc(C=NOCc2ccc(Cl)cc2)cc1. The normalized spacial score (nSPS) is 11.2. The molecule has 0 saturated heterocycles. The Kier molecular flexibility index (Phi) is 5.07. The summed E-state index contributed by atoms with van der Waals surface area (Å²) < 4.78 is 24.7. The van der Waals surface area contributed by atoms with Crippen LogP contribution in [-0.2, 0) is 11.4 Å². The van der Waals surface area contributed by atoms with Crippen molar-refractivity contribution in [3.63, 3.8) is 0 Å². The zero-order valence-electron chi connectivity index (χ0n) is 10.5. The number of hydrogen-bond donors (Lipinski definition) is 0. The van der Waals surface area contributed by atoms with Gasteiger partial charge in [0.15, 0.2) is 0 Å². The highest BCUT2D eigenvalue weighted by molar-refractivity contribution is 6.30. The summed E-state index contributed by atoms with van der Waals surface area (Å²) in [5.41, 5.74) is 1.63. The third-order valence-electron chi connectivity index (χ3n) is 2.61. The van der Waals surface area contributed by atoms with E-state index in [-0.39, 0.29) is 5.56 Å². The number of halogens is 3. The van der Waals surface area contributed by atoms with Crippen molar-refractivity contribution in [2.45, 2.75) is 13.0 Å². The van der Waals surface area contributed by atoms with Crippen LogP contribution in [0.3, 0.4) is 0 Å². The van der Waals surface area contributed by atoms with E-state index >= 15 is 0 Å². The lowest BCUT2D eigenvalue weighted by Gasteiger charge is -2.01. The van der Waals surface area contributed by atoms with Gasteiger partial charge in [-0.1, -0.05) is 53.2 Å². The summed E-state index contributed by atoms with van der Waals surface area (Å²) >= 11 is 5.76. The summed E-state index contributed by atoms with van der Waals surface area (Å²) in [6.45, 7) is 0.322. The summed E-state index contributed by atoms with van der Waals surface area (Å²) in [5, 5.41) is 4.45. The van der Waals surface area contributed by atoms with Crippen LogP contribution in [0.4, 0.5) is 8.78 Å². The van der Waals surface area contributed by atoms with Crippen LogP contribution in [0.1, 0.15) is 23.1 Å². The maximum Gasteiger partial charge on any atom is 0.263 e. The molecule has 5 heteroatoms. The maximum atomic E-state index is 12.4. The molecule has 20 heavy (non-hydrogen) atoms. The Bertz CT molecular complexity index is 567. The highest BCUT2D eigenvalue weighted by atomic mass is 35.5. The van der Waals surface area contributed by atoms with E-state index in [1.807, 2.05) is 12.1 Å². The molecule has 0 bridgehead atoms. The minimum absolute atomic E-state index is 0.00997. The molecule has 0 amide bonds. The van der Waals surface area contributed by atoms with Gasteiger partial charge in [-0.3, -0.25) is 0 Å². The van der Waals surface area contributed by atoms with Crippen molar-refractivity contribution in [3.05, 3.63) is 70.2 Å². The van der Waals surface area contributed by atoms with Crippen LogP contribution in [0.2, 0.25) is 5.02 Å². The van der Waals surface area contributed by atoms with E-state index in [0.29, 0.717) is 17.2 Å². The van der Waals surface area contributed by atoms with E-state index in [9.17, 15) is 8.78 Å². The van der Waals surface area contributed by atoms with Gasteiger partial charge in [-0.05, 0) is 23.3 Å². The Labute approximate surface area is 120 Å². The van der Waals surface area contributed by atoms with Crippen LogP contribution in [0.15, 0.2) is 53.7 Å². The van der Waals surface area contributed by atoms with Gasteiger partial charge in [-0.15, -0.1) is 0 Å². The molecule has 0 aliphatic rings. The molecule has 104 valence electrons. The van der Waals surface area contributed by atoms with Crippen molar-refractivity contribution >= 4 is 17.8 Å². The van der Waals surface area contributed by atoms with Crippen molar-refractivity contribution < 1.29 is 13.6 Å². The first-order chi connectivity index (χ1) is 9.65. The zero-order chi connectivity index (χ0) is 14.4. The average Bonchev–Trinajstić information content (AvgIpc) is 2.46. The third kappa shape index (κ3) is 4.31. The Morgan fingerprint density at radius 2 is 1.70 bits per heavy atom. The molecule has 0 fully saturated rings. The van der Waals surface area contributed by atoms with Crippen molar-refractivity contribution in [3.8, 4) is 0 Å². The number of alkyl halides is 2. The molecule has 2 aromatic carbocycles. The Morgan fingerprint density at radius 3 is 2.30 bits per heavy atom. The smallest absolute Gasteiger partial charge is 0.263 e. The van der Waals surface area contributed by atoms with Crippen LogP contribution < -0.4 is 0 Å². The van der Waals surface area contributed by atoms with E-state index < -0.39 is 6.43 Å². The van der Waals surface area contributed by atoms with Gasteiger partial charge < -0.3 is 4.84 Å². The summed E-state index contributed by atoms with van der Waals surface area (Å²) in [4.78, 5) is 5.12. The second-order valence-electron chi connectivity index (χ2n) is 4.10. The highest BCUT2D eigenvalue weighted by Crippen LogP contribution is 2.18. The van der Waals surface area contributed by atoms with E-state index in [2.05, 4.69) is 5.16 Å². The predicted molar refractivity (Wildman–Crippen MR) is 75.2 cm³/mol. The molecule has 2 nitrogen and oxygen atoms in total. The molecular formula is C15H12ClF2NO. The quantitative estimate of drug-likeness (QED) is 0.572. The van der Waals surface area contributed by atoms with Crippen LogP contribution in [0.5, 0.6) is 0 Å². The number of hydrogen-bond acceptors (Lipinski definition) is 2. The monoisotopic (exact) mass is 295 g/mol. The Balaban J connectivity index is 1.85. The molecule has 0 radical (unpaired) electrons. The van der Waals surface area contributed by atoms with Crippen LogP contribution in [-0.4, -0.2) is 6.21 Å². The van der Waals surface area contributed by atoms with E-state index in [1.165, 1.54) is 18.3 Å². The van der Waals surface area contributed by atoms with Crippen LogP contribution >= 0.6 is 11.6 Å². The fraction of sp³-hybridized carbons (Fsp3) is 0.133. The molecule has 2 rings (SSSR count). The molecule has 0 N–H and O–H groups in total. The van der Waals surface area contributed by atoms with Crippen LogP contribution in [0, 0.1) is 0 Å². The van der Waals surface area contributed by atoms with Crippen molar-refractivity contribution in [2.24, 2.45) is 5.16 Å². The molecule has 0 spiro atoms. The molecular weight excluding hydrogens is 284 g/mol. The minimum Gasteiger partial charge on any atom is -0.391 e. The molecule has 2 aromatic rings. The fourth-order valence-electron chi connectivity index (χ4n) is 1.52. The summed E-state index contributed by atoms with van der Waals surface area (Å²) in [7, 11) is 0. The Morgan fingerprint density at radius 1 is 1.05 bits per heavy atom. The van der Waals surface area contributed by atoms with Crippen LogP contribution in [0.25, 0.3) is 0 Å². The molecule has 0 heterocycles. The van der Waals surface area contributed by atoms with E-state index in [1.54, 1.807) is 24.3 Å². The molecule has 0 aliphatic carbocycles. The lowest BCUT2D eigenvalue weighted by atomic mass is 10.1. The maximum absolute atomic E-state index is 12.4. The first kappa shape index (κ1) is 14.5. The fourth-order valence-corrected chi connectivity index (χ4v) is 1.64. The molecule has 0 aromatic heterocycles. The van der Waals surface area contributed by atoms with Gasteiger partial charge in [-0.25, -0.2) is 8.78 Å². The number of rotatable bonds is 5. The van der Waals surface area contributed by atoms with Gasteiger partial charge in [0, 0.05) is 10.6 Å². The van der Waals surface area contributed by atoms with E-state index in [4.69, 9.17) is 16.4 Å². The minimum atomic E-state index is -2.46. The molecule has 0 unspecified atom stereocenters. The lowest BCUT2D eigenvalue weighted by Crippen LogP contribution is -1.89. The van der Waals surface area contributed by atoms with Gasteiger partial charge in [0.1, 0.15) is 6.61 Å². The summed E-state index contributed by atoms with van der Waals surface area (Å²) in [5.74, 6) is 0. The molecule has 0 aliphatic heterocycles. The molecule has 0 saturated carbocycles. The van der Waals surface area contributed by atoms with Gasteiger partial charge in [0.2, 0.25) is 0 Å². The van der Waals surface area contributed by atoms with E-state index in [0.717, 1.165) is 5.56 Å². The van der Waals surface area contributed by atoms with Gasteiger partial charge >= 0.3 is 0 Å². The topological polar surface area (TPSA) is 21.6 Å². The predicted octanol–water partition coefficient (Wildman–Crippen LogP) is 4.83. The average molecular weight is 296 g/mol. The first-order valence-electron chi connectivity index (χ1n) is 5.93. The summed E-state index contributed by atoms with van der Waals surface area (Å²) in [6, 6.07) is 13.1. The van der Waals surface area contributed by atoms with Gasteiger partial charge in [-0.2, -0.15) is 0 Å². The van der Waals surface area contributed by atoms with Gasteiger partial charge in [0.25, 0.3) is 6.43 Å². The van der Waals surface area contributed by atoms with Crippen molar-refractivity contribution in [1.29, 1.82) is 0 Å². The standard InChI is InChI=1S/C15H12ClF2NO/c16-14-7-3-12(4-8-14)10-20-19-9-11-1-5-13(6-2-11)15(17)18/h1-9,15H,10H2. The zero-order valence-corrected chi connectivity index (χ0v) is 11.2. The second kappa shape index (κ2) is 7.01. The number of nitrogens with zero attached hydrogens (tertiary/aromatic N) is 1. The Hall–Kier alpha value is -1.94.